The lowest BCUT2D eigenvalue weighted by Crippen LogP contribution is -2.01. The first-order chi connectivity index (χ1) is 9.45. The number of hydrogen-bond acceptors (Lipinski definition) is 1. The van der Waals surface area contributed by atoms with Gasteiger partial charge in [0.1, 0.15) is 17.4 Å². The molecule has 2 aromatic rings. The van der Waals surface area contributed by atoms with Gasteiger partial charge in [-0.2, -0.15) is 0 Å². The van der Waals surface area contributed by atoms with Gasteiger partial charge in [-0.3, -0.25) is 0 Å². The van der Waals surface area contributed by atoms with Gasteiger partial charge in [0, 0.05) is 17.2 Å². The van der Waals surface area contributed by atoms with Gasteiger partial charge in [0.15, 0.2) is 0 Å². The van der Waals surface area contributed by atoms with Gasteiger partial charge in [0.25, 0.3) is 0 Å². The molecule has 0 amide bonds. The number of benzene rings is 2. The summed E-state index contributed by atoms with van der Waals surface area (Å²) in [6, 6.07) is 7.87. The van der Waals surface area contributed by atoms with E-state index in [2.05, 4.69) is 47.8 Å². The maximum atomic E-state index is 14.1. The first-order valence-electron chi connectivity index (χ1n) is 5.56. The Hall–Kier alpha value is -0.460. The molecule has 0 saturated heterocycles. The Bertz CT molecular complexity index is 647. The van der Waals surface area contributed by atoms with Crippen LogP contribution < -0.4 is 4.74 Å². The summed E-state index contributed by atoms with van der Waals surface area (Å²) < 4.78 is 33.5. The molecule has 6 heteroatoms. The number of rotatable bonds is 3. The fourth-order valence-electron chi connectivity index (χ4n) is 1.80. The van der Waals surface area contributed by atoms with Crippen molar-refractivity contribution in [2.24, 2.45) is 0 Å². The lowest BCUT2D eigenvalue weighted by atomic mass is 10.0. The first-order valence-corrected chi connectivity index (χ1v) is 8.06. The Morgan fingerprint density at radius 3 is 2.40 bits per heavy atom. The van der Waals surface area contributed by atoms with E-state index in [1.165, 1.54) is 13.2 Å². The van der Waals surface area contributed by atoms with Gasteiger partial charge in [0.2, 0.25) is 0 Å². The molecule has 0 radical (unpaired) electrons. The monoisotopic (exact) mass is 468 g/mol. The van der Waals surface area contributed by atoms with Crippen molar-refractivity contribution in [1.29, 1.82) is 0 Å². The van der Waals surface area contributed by atoms with Crippen molar-refractivity contribution in [2.75, 3.05) is 7.11 Å². The van der Waals surface area contributed by atoms with Crippen LogP contribution in [0.3, 0.4) is 0 Å². The summed E-state index contributed by atoms with van der Waals surface area (Å²) in [5, 5.41) is 0. The fourth-order valence-corrected chi connectivity index (χ4v) is 3.26. The molecule has 0 heterocycles. The van der Waals surface area contributed by atoms with E-state index in [0.717, 1.165) is 0 Å². The second-order valence-corrected chi connectivity index (χ2v) is 6.64. The molecule has 0 spiro atoms. The van der Waals surface area contributed by atoms with E-state index in [1.807, 2.05) is 0 Å². The summed E-state index contributed by atoms with van der Waals surface area (Å²) in [6.45, 7) is 0. The van der Waals surface area contributed by atoms with Crippen LogP contribution in [0, 0.1) is 11.6 Å². The van der Waals surface area contributed by atoms with Gasteiger partial charge < -0.3 is 4.74 Å². The predicted molar refractivity (Wildman–Crippen MR) is 85.5 cm³/mol. The SMILES string of the molecule is COc1cc(F)c(Br)cc1C(Br)c1cccc(Br)c1F. The second kappa shape index (κ2) is 6.54. The normalized spacial score (nSPS) is 12.3. The summed E-state index contributed by atoms with van der Waals surface area (Å²) in [5.74, 6) is -0.441. The summed E-state index contributed by atoms with van der Waals surface area (Å²) in [6.07, 6.45) is 0. The van der Waals surface area contributed by atoms with Crippen LogP contribution in [0.5, 0.6) is 5.75 Å². The summed E-state index contributed by atoms with van der Waals surface area (Å²) in [5.41, 5.74) is 1.08. The van der Waals surface area contributed by atoms with Crippen LogP contribution in [0.2, 0.25) is 0 Å². The molecular weight excluding hydrogens is 462 g/mol. The zero-order valence-electron chi connectivity index (χ0n) is 10.3. The van der Waals surface area contributed by atoms with Gasteiger partial charge in [-0.15, -0.1) is 0 Å². The van der Waals surface area contributed by atoms with Crippen LogP contribution in [-0.2, 0) is 0 Å². The maximum Gasteiger partial charge on any atom is 0.142 e. The van der Waals surface area contributed by atoms with Crippen LogP contribution in [0.4, 0.5) is 8.78 Å². The van der Waals surface area contributed by atoms with E-state index >= 15 is 0 Å². The second-order valence-electron chi connectivity index (χ2n) is 4.01. The highest BCUT2D eigenvalue weighted by atomic mass is 79.9. The smallest absolute Gasteiger partial charge is 0.142 e. The first kappa shape index (κ1) is 15.9. The number of ether oxygens (including phenoxy) is 1. The lowest BCUT2D eigenvalue weighted by molar-refractivity contribution is 0.406. The van der Waals surface area contributed by atoms with Crippen LogP contribution in [-0.4, -0.2) is 7.11 Å². The average Bonchev–Trinajstić information content (AvgIpc) is 2.43. The molecule has 2 aromatic carbocycles. The predicted octanol–water partition coefficient (Wildman–Crippen LogP) is 5.98. The van der Waals surface area contributed by atoms with Crippen molar-refractivity contribution >= 4 is 47.8 Å². The van der Waals surface area contributed by atoms with Crippen molar-refractivity contribution < 1.29 is 13.5 Å². The van der Waals surface area contributed by atoms with Crippen molar-refractivity contribution in [3.05, 3.63) is 62.0 Å². The van der Waals surface area contributed by atoms with Gasteiger partial charge in [-0.1, -0.05) is 28.1 Å². The zero-order valence-corrected chi connectivity index (χ0v) is 15.0. The molecule has 2 rings (SSSR count). The quantitative estimate of drug-likeness (QED) is 0.501. The van der Waals surface area contributed by atoms with E-state index in [1.54, 1.807) is 24.3 Å². The van der Waals surface area contributed by atoms with Gasteiger partial charge in [-0.05, 0) is 44.0 Å². The van der Waals surface area contributed by atoms with Crippen molar-refractivity contribution in [3.63, 3.8) is 0 Å². The highest BCUT2D eigenvalue weighted by Crippen LogP contribution is 2.40. The van der Waals surface area contributed by atoms with E-state index < -0.39 is 10.6 Å². The molecule has 1 unspecified atom stereocenters. The highest BCUT2D eigenvalue weighted by molar-refractivity contribution is 9.11. The van der Waals surface area contributed by atoms with E-state index in [4.69, 9.17) is 4.74 Å². The van der Waals surface area contributed by atoms with Crippen LogP contribution >= 0.6 is 47.8 Å². The lowest BCUT2D eigenvalue weighted by Gasteiger charge is -2.16. The fraction of sp³-hybridized carbons (Fsp3) is 0.143. The molecule has 0 N–H and O–H groups in total. The van der Waals surface area contributed by atoms with Crippen LogP contribution in [0.15, 0.2) is 39.3 Å². The Balaban J connectivity index is 2.55. The van der Waals surface area contributed by atoms with Crippen molar-refractivity contribution in [2.45, 2.75) is 4.83 Å². The molecule has 1 atom stereocenters. The minimum atomic E-state index is -0.452. The van der Waals surface area contributed by atoms with Gasteiger partial charge in [0.05, 0.1) is 20.9 Å². The molecule has 0 bridgehead atoms. The highest BCUT2D eigenvalue weighted by Gasteiger charge is 2.21. The zero-order chi connectivity index (χ0) is 14.9. The average molecular weight is 471 g/mol. The minimum absolute atomic E-state index is 0.299. The van der Waals surface area contributed by atoms with Crippen LogP contribution in [0.1, 0.15) is 16.0 Å². The van der Waals surface area contributed by atoms with Crippen LogP contribution in [0.25, 0.3) is 0 Å². The summed E-state index contributed by atoms with van der Waals surface area (Å²) >= 11 is 9.73. The molecule has 0 saturated carbocycles. The summed E-state index contributed by atoms with van der Waals surface area (Å²) in [4.78, 5) is -0.452. The van der Waals surface area contributed by atoms with Crippen molar-refractivity contribution in [3.8, 4) is 5.75 Å². The van der Waals surface area contributed by atoms with Gasteiger partial charge in [-0.25, -0.2) is 8.78 Å². The minimum Gasteiger partial charge on any atom is -0.496 e. The van der Waals surface area contributed by atoms with E-state index in [9.17, 15) is 8.78 Å². The summed E-state index contributed by atoms with van der Waals surface area (Å²) in [7, 11) is 1.45. The molecule has 0 fully saturated rings. The van der Waals surface area contributed by atoms with Crippen molar-refractivity contribution in [1.82, 2.24) is 0 Å². The molecule has 20 heavy (non-hydrogen) atoms. The third kappa shape index (κ3) is 3.07. The number of alkyl halides is 1. The van der Waals surface area contributed by atoms with Gasteiger partial charge >= 0.3 is 0 Å². The molecule has 0 aliphatic carbocycles. The third-order valence-electron chi connectivity index (χ3n) is 2.80. The molecule has 1 nitrogen and oxygen atoms in total. The molecule has 106 valence electrons. The van der Waals surface area contributed by atoms with E-state index in [-0.39, 0.29) is 5.82 Å². The standard InChI is InChI=1S/C14H9Br3F2O/c1-20-12-6-11(18)10(16)5-8(12)13(17)7-3-2-4-9(15)14(7)19/h2-6,13H,1H3. The topological polar surface area (TPSA) is 9.23 Å². The Morgan fingerprint density at radius 1 is 1.05 bits per heavy atom. The molecule has 0 aliphatic heterocycles. The Morgan fingerprint density at radius 2 is 1.75 bits per heavy atom. The number of halogens is 5. The van der Waals surface area contributed by atoms with E-state index in [0.29, 0.717) is 25.8 Å². The Kier molecular flexibility index (Phi) is 5.20. The largest absolute Gasteiger partial charge is 0.496 e. The number of hydrogen-bond donors (Lipinski definition) is 0. The molecule has 0 aliphatic rings. The molecule has 0 aromatic heterocycles. The molecular formula is C14H9Br3F2O. The maximum absolute atomic E-state index is 14.1. The third-order valence-corrected chi connectivity index (χ3v) is 5.01. The number of methoxy groups -OCH3 is 1. The Labute approximate surface area is 140 Å².